The molecule has 0 fully saturated rings. The van der Waals surface area contributed by atoms with Gasteiger partial charge in [-0.1, -0.05) is 30.7 Å². The Bertz CT molecular complexity index is 324. The van der Waals surface area contributed by atoms with E-state index >= 15 is 0 Å². The van der Waals surface area contributed by atoms with Crippen molar-refractivity contribution in [3.8, 4) is 0 Å². The summed E-state index contributed by atoms with van der Waals surface area (Å²) in [5, 5.41) is 0.618. The maximum absolute atomic E-state index is 11.4. The highest BCUT2D eigenvalue weighted by Gasteiger charge is 2.15. The lowest BCUT2D eigenvalue weighted by atomic mass is 9.81. The fraction of sp³-hybridized carbons (Fsp3) is 0.364. The summed E-state index contributed by atoms with van der Waals surface area (Å²) in [6, 6.07) is 6.84. The minimum atomic E-state index is -0.728. The third-order valence-corrected chi connectivity index (χ3v) is 2.18. The van der Waals surface area contributed by atoms with Crippen LogP contribution < -0.4 is 0 Å². The monoisotopic (exact) mass is 222 g/mol. The third kappa shape index (κ3) is 3.59. The molecule has 2 nitrogen and oxygen atoms in total. The molecule has 0 aromatic heterocycles. The summed E-state index contributed by atoms with van der Waals surface area (Å²) in [6.07, 6.45) is 0.791. The Hall–Kier alpha value is -0.955. The van der Waals surface area contributed by atoms with Gasteiger partial charge in [-0.05, 0) is 24.1 Å². The van der Waals surface area contributed by atoms with Gasteiger partial charge in [-0.25, -0.2) is 0 Å². The zero-order valence-corrected chi connectivity index (χ0v) is 9.33. The molecule has 0 spiro atoms. The largest absolute Gasteiger partial charge is 0.466 e. The molecule has 0 saturated heterocycles. The van der Waals surface area contributed by atoms with E-state index in [9.17, 15) is 4.79 Å². The molecule has 1 rings (SSSR count). The topological polar surface area (TPSA) is 26.3 Å². The van der Waals surface area contributed by atoms with E-state index in [1.807, 2.05) is 6.92 Å². The van der Waals surface area contributed by atoms with Gasteiger partial charge in [0.05, 0.1) is 14.5 Å². The van der Waals surface area contributed by atoms with E-state index in [0.717, 1.165) is 6.42 Å². The van der Waals surface area contributed by atoms with Crippen molar-refractivity contribution >= 4 is 25.4 Å². The predicted molar refractivity (Wildman–Crippen MR) is 61.2 cm³/mol. The Balaban J connectivity index is 2.63. The van der Waals surface area contributed by atoms with Crippen LogP contribution in [-0.4, -0.2) is 20.4 Å². The van der Waals surface area contributed by atoms with Crippen molar-refractivity contribution in [1.29, 1.82) is 0 Å². The van der Waals surface area contributed by atoms with Crippen LogP contribution in [0.1, 0.15) is 24.7 Å². The van der Waals surface area contributed by atoms with Crippen LogP contribution in [0.5, 0.6) is 0 Å². The van der Waals surface area contributed by atoms with Crippen molar-refractivity contribution in [1.82, 2.24) is 0 Å². The standard InChI is InChI=1S/C11H12BClO2/c1-2-7-15-11(14)10(12)8-3-5-9(13)6-4-8/h3-6,10H,2,7H2,1H3. The molecule has 15 heavy (non-hydrogen) atoms. The number of rotatable bonds is 4. The Morgan fingerprint density at radius 1 is 1.47 bits per heavy atom. The number of hydrogen-bond donors (Lipinski definition) is 0. The first-order valence-electron chi connectivity index (χ1n) is 4.83. The molecule has 78 valence electrons. The van der Waals surface area contributed by atoms with E-state index in [-0.39, 0.29) is 0 Å². The average molecular weight is 222 g/mol. The molecule has 0 N–H and O–H groups in total. The van der Waals surface area contributed by atoms with Gasteiger partial charge in [-0.2, -0.15) is 0 Å². The fourth-order valence-corrected chi connectivity index (χ4v) is 1.22. The van der Waals surface area contributed by atoms with Gasteiger partial charge in [0.2, 0.25) is 0 Å². The second kappa shape index (κ2) is 5.81. The van der Waals surface area contributed by atoms with Crippen molar-refractivity contribution in [2.24, 2.45) is 0 Å². The van der Waals surface area contributed by atoms with E-state index in [1.165, 1.54) is 0 Å². The van der Waals surface area contributed by atoms with Crippen LogP contribution in [0.25, 0.3) is 0 Å². The highest BCUT2D eigenvalue weighted by atomic mass is 35.5. The Kier molecular flexibility index (Phi) is 4.69. The van der Waals surface area contributed by atoms with Gasteiger partial charge in [0.15, 0.2) is 0 Å². The average Bonchev–Trinajstić information content (AvgIpc) is 2.26. The highest BCUT2D eigenvalue weighted by Crippen LogP contribution is 2.17. The van der Waals surface area contributed by atoms with E-state index < -0.39 is 11.8 Å². The lowest BCUT2D eigenvalue weighted by Gasteiger charge is -2.11. The zero-order valence-electron chi connectivity index (χ0n) is 8.57. The number of halogens is 1. The number of carbonyl (C=O) groups excluding carboxylic acids is 1. The second-order valence-corrected chi connectivity index (χ2v) is 3.63. The van der Waals surface area contributed by atoms with Crippen LogP contribution in [0, 0.1) is 0 Å². The third-order valence-electron chi connectivity index (χ3n) is 1.93. The molecule has 4 heteroatoms. The molecule has 1 aromatic rings. The molecule has 1 aromatic carbocycles. The minimum absolute atomic E-state index is 0.403. The Morgan fingerprint density at radius 2 is 2.07 bits per heavy atom. The summed E-state index contributed by atoms with van der Waals surface area (Å²) < 4.78 is 4.94. The van der Waals surface area contributed by atoms with Crippen molar-refractivity contribution in [3.63, 3.8) is 0 Å². The Labute approximate surface area is 96.0 Å². The molecule has 0 heterocycles. The fourth-order valence-electron chi connectivity index (χ4n) is 1.10. The molecule has 0 aliphatic rings. The normalized spacial score (nSPS) is 12.1. The maximum Gasteiger partial charge on any atom is 0.304 e. The molecule has 2 radical (unpaired) electrons. The lowest BCUT2D eigenvalue weighted by Crippen LogP contribution is -2.16. The highest BCUT2D eigenvalue weighted by molar-refractivity contribution is 6.30. The van der Waals surface area contributed by atoms with Gasteiger partial charge in [0.1, 0.15) is 0 Å². The molecule has 0 aliphatic carbocycles. The van der Waals surface area contributed by atoms with Crippen molar-refractivity contribution in [2.45, 2.75) is 19.2 Å². The van der Waals surface area contributed by atoms with Crippen LogP contribution in [0.15, 0.2) is 24.3 Å². The van der Waals surface area contributed by atoms with Gasteiger partial charge in [-0.15, -0.1) is 0 Å². The van der Waals surface area contributed by atoms with Crippen LogP contribution in [-0.2, 0) is 9.53 Å². The van der Waals surface area contributed by atoms with Gasteiger partial charge in [-0.3, -0.25) is 4.79 Å². The maximum atomic E-state index is 11.4. The molecule has 0 bridgehead atoms. The second-order valence-electron chi connectivity index (χ2n) is 3.20. The van der Waals surface area contributed by atoms with Crippen LogP contribution in [0.2, 0.25) is 5.02 Å². The predicted octanol–water partition coefficient (Wildman–Crippen LogP) is 2.50. The van der Waals surface area contributed by atoms with E-state index in [0.29, 0.717) is 17.2 Å². The van der Waals surface area contributed by atoms with Gasteiger partial charge >= 0.3 is 5.97 Å². The van der Waals surface area contributed by atoms with E-state index in [1.54, 1.807) is 24.3 Å². The molecular weight excluding hydrogens is 210 g/mol. The number of hydrogen-bond acceptors (Lipinski definition) is 2. The van der Waals surface area contributed by atoms with Crippen molar-refractivity contribution in [2.75, 3.05) is 6.61 Å². The number of esters is 1. The van der Waals surface area contributed by atoms with E-state index in [2.05, 4.69) is 0 Å². The summed E-state index contributed by atoms with van der Waals surface area (Å²) in [5.41, 5.74) is 0.709. The summed E-state index contributed by atoms with van der Waals surface area (Å²) in [4.78, 5) is 11.4. The molecule has 1 atom stereocenters. The van der Waals surface area contributed by atoms with Crippen molar-refractivity contribution in [3.05, 3.63) is 34.9 Å². The number of ether oxygens (including phenoxy) is 1. The van der Waals surface area contributed by atoms with Crippen LogP contribution >= 0.6 is 11.6 Å². The summed E-state index contributed by atoms with van der Waals surface area (Å²) >= 11 is 5.72. The first kappa shape index (κ1) is 12.1. The zero-order chi connectivity index (χ0) is 11.3. The lowest BCUT2D eigenvalue weighted by molar-refractivity contribution is -0.143. The molecule has 0 amide bonds. The summed E-state index contributed by atoms with van der Waals surface area (Å²) in [6.45, 7) is 2.33. The molecule has 0 aliphatic heterocycles. The van der Waals surface area contributed by atoms with E-state index in [4.69, 9.17) is 24.2 Å². The molecular formula is C11H12BClO2. The van der Waals surface area contributed by atoms with Crippen LogP contribution in [0.4, 0.5) is 0 Å². The van der Waals surface area contributed by atoms with Crippen LogP contribution in [0.3, 0.4) is 0 Å². The first-order valence-corrected chi connectivity index (χ1v) is 5.20. The first-order chi connectivity index (χ1) is 7.15. The van der Waals surface area contributed by atoms with Gasteiger partial charge < -0.3 is 4.74 Å². The number of benzene rings is 1. The minimum Gasteiger partial charge on any atom is -0.466 e. The van der Waals surface area contributed by atoms with Gasteiger partial charge in [0.25, 0.3) is 0 Å². The molecule has 1 unspecified atom stereocenters. The van der Waals surface area contributed by atoms with Gasteiger partial charge in [0, 0.05) is 10.8 Å². The summed E-state index contributed by atoms with van der Waals surface area (Å²) in [7, 11) is 5.71. The smallest absolute Gasteiger partial charge is 0.304 e. The molecule has 0 saturated carbocycles. The Morgan fingerprint density at radius 3 is 2.60 bits per heavy atom. The quantitative estimate of drug-likeness (QED) is 0.578. The SMILES string of the molecule is [B]C(C(=O)OCCC)c1ccc(Cl)cc1. The number of carbonyl (C=O) groups is 1. The summed E-state index contributed by atoms with van der Waals surface area (Å²) in [5.74, 6) is -1.13. The van der Waals surface area contributed by atoms with Crippen molar-refractivity contribution < 1.29 is 9.53 Å².